The molecule has 124 valence electrons. The first-order valence-corrected chi connectivity index (χ1v) is 6.57. The molecule has 0 amide bonds. The molecule has 0 fully saturated rings. The maximum atomic E-state index is 13.4. The van der Waals surface area contributed by atoms with Crippen LogP contribution < -0.4 is 4.90 Å². The zero-order valence-electron chi connectivity index (χ0n) is 12.3. The lowest BCUT2D eigenvalue weighted by molar-refractivity contribution is -0.137. The third-order valence-electron chi connectivity index (χ3n) is 3.31. The van der Waals surface area contributed by atoms with Gasteiger partial charge in [-0.2, -0.15) is 26.3 Å². The van der Waals surface area contributed by atoms with E-state index in [-0.39, 0.29) is 16.8 Å². The Morgan fingerprint density at radius 1 is 0.783 bits per heavy atom. The quantitative estimate of drug-likeness (QED) is 0.660. The number of alkyl halides is 6. The van der Waals surface area contributed by atoms with Crippen LogP contribution in [0, 0.1) is 0 Å². The van der Waals surface area contributed by atoms with Crippen LogP contribution in [0.25, 0.3) is 11.1 Å². The predicted molar refractivity (Wildman–Crippen MR) is 76.2 cm³/mol. The first kappa shape index (κ1) is 17.2. The van der Waals surface area contributed by atoms with Gasteiger partial charge in [0.15, 0.2) is 0 Å². The summed E-state index contributed by atoms with van der Waals surface area (Å²) in [5, 5.41) is 0. The fraction of sp³-hybridized carbons (Fsp3) is 0.250. The van der Waals surface area contributed by atoms with Crippen LogP contribution in [-0.2, 0) is 12.4 Å². The van der Waals surface area contributed by atoms with Crippen molar-refractivity contribution in [2.24, 2.45) is 0 Å². The van der Waals surface area contributed by atoms with E-state index in [1.807, 2.05) is 0 Å². The molecule has 0 N–H and O–H groups in total. The van der Waals surface area contributed by atoms with E-state index in [0.717, 1.165) is 18.2 Å². The Morgan fingerprint density at radius 2 is 1.39 bits per heavy atom. The molecule has 0 atom stereocenters. The lowest BCUT2D eigenvalue weighted by Crippen LogP contribution is -2.17. The minimum Gasteiger partial charge on any atom is -0.377 e. The van der Waals surface area contributed by atoms with Crippen LogP contribution in [0.3, 0.4) is 0 Å². The summed E-state index contributed by atoms with van der Waals surface area (Å²) in [6, 6.07) is 7.72. The normalized spacial score (nSPS) is 12.3. The lowest BCUT2D eigenvalue weighted by Gasteiger charge is -2.22. The topological polar surface area (TPSA) is 3.24 Å². The van der Waals surface area contributed by atoms with E-state index in [4.69, 9.17) is 0 Å². The number of benzene rings is 2. The van der Waals surface area contributed by atoms with Crippen molar-refractivity contribution in [2.45, 2.75) is 12.4 Å². The Hall–Kier alpha value is -2.18. The highest BCUT2D eigenvalue weighted by atomic mass is 19.4. The van der Waals surface area contributed by atoms with Crippen LogP contribution in [0.4, 0.5) is 32.0 Å². The van der Waals surface area contributed by atoms with E-state index in [1.165, 1.54) is 43.3 Å². The van der Waals surface area contributed by atoms with E-state index >= 15 is 0 Å². The van der Waals surface area contributed by atoms with Gasteiger partial charge in [0.2, 0.25) is 0 Å². The number of nitrogens with zero attached hydrogens (tertiary/aromatic N) is 1. The molecular formula is C16H13F6N. The number of halogens is 6. The van der Waals surface area contributed by atoms with Crippen molar-refractivity contribution < 1.29 is 26.3 Å². The van der Waals surface area contributed by atoms with E-state index in [1.54, 1.807) is 0 Å². The molecule has 0 aromatic heterocycles. The average molecular weight is 333 g/mol. The first-order valence-electron chi connectivity index (χ1n) is 6.57. The van der Waals surface area contributed by atoms with Crippen LogP contribution in [-0.4, -0.2) is 14.1 Å². The first-order chi connectivity index (χ1) is 10.5. The van der Waals surface area contributed by atoms with E-state index in [2.05, 4.69) is 0 Å². The molecule has 0 saturated heterocycles. The molecule has 2 aromatic rings. The van der Waals surface area contributed by atoms with Gasteiger partial charge in [0, 0.05) is 19.8 Å². The maximum Gasteiger partial charge on any atom is 0.418 e. The second-order valence-corrected chi connectivity index (χ2v) is 5.17. The molecule has 2 aromatic carbocycles. The highest BCUT2D eigenvalue weighted by Gasteiger charge is 2.37. The average Bonchev–Trinajstić information content (AvgIpc) is 2.44. The minimum absolute atomic E-state index is 0.104. The summed E-state index contributed by atoms with van der Waals surface area (Å²) in [6.07, 6.45) is -9.31. The summed E-state index contributed by atoms with van der Waals surface area (Å²) in [7, 11) is 2.89. The molecule has 0 saturated carbocycles. The Morgan fingerprint density at radius 3 is 1.91 bits per heavy atom. The Bertz CT molecular complexity index is 700. The van der Waals surface area contributed by atoms with Crippen LogP contribution >= 0.6 is 0 Å². The zero-order chi connectivity index (χ0) is 17.4. The minimum atomic E-state index is -4.69. The monoisotopic (exact) mass is 333 g/mol. The fourth-order valence-corrected chi connectivity index (χ4v) is 2.31. The van der Waals surface area contributed by atoms with Gasteiger partial charge in [-0.05, 0) is 29.3 Å². The van der Waals surface area contributed by atoms with Crippen LogP contribution in [0.5, 0.6) is 0 Å². The molecule has 7 heteroatoms. The van der Waals surface area contributed by atoms with Crippen molar-refractivity contribution >= 4 is 5.69 Å². The van der Waals surface area contributed by atoms with Gasteiger partial charge in [0.1, 0.15) is 0 Å². The smallest absolute Gasteiger partial charge is 0.377 e. The molecule has 0 unspecified atom stereocenters. The third kappa shape index (κ3) is 3.60. The van der Waals surface area contributed by atoms with Crippen molar-refractivity contribution in [3.05, 3.63) is 53.6 Å². The molecule has 0 bridgehead atoms. The summed E-state index contributed by atoms with van der Waals surface area (Å²) < 4.78 is 78.7. The molecule has 1 nitrogen and oxygen atoms in total. The highest BCUT2D eigenvalue weighted by Crippen LogP contribution is 2.43. The number of hydrogen-bond acceptors (Lipinski definition) is 1. The van der Waals surface area contributed by atoms with Gasteiger partial charge in [-0.25, -0.2) is 0 Å². The molecule has 0 heterocycles. The maximum absolute atomic E-state index is 13.4. The van der Waals surface area contributed by atoms with E-state index in [9.17, 15) is 26.3 Å². The van der Waals surface area contributed by atoms with Crippen molar-refractivity contribution in [1.82, 2.24) is 0 Å². The zero-order valence-corrected chi connectivity index (χ0v) is 12.3. The number of anilines is 1. The van der Waals surface area contributed by atoms with E-state index in [0.29, 0.717) is 0 Å². The number of hydrogen-bond donors (Lipinski definition) is 0. The van der Waals surface area contributed by atoms with Crippen LogP contribution in [0.2, 0.25) is 0 Å². The summed E-state index contributed by atoms with van der Waals surface area (Å²) in [4.78, 5) is 1.28. The van der Waals surface area contributed by atoms with Gasteiger partial charge in [-0.15, -0.1) is 0 Å². The van der Waals surface area contributed by atoms with Gasteiger partial charge in [0.25, 0.3) is 0 Å². The lowest BCUT2D eigenvalue weighted by atomic mass is 9.96. The molecule has 0 aliphatic carbocycles. The summed E-state index contributed by atoms with van der Waals surface area (Å²) in [6.45, 7) is 0. The summed E-state index contributed by atoms with van der Waals surface area (Å²) >= 11 is 0. The summed E-state index contributed by atoms with van der Waals surface area (Å²) in [5.41, 5.74) is -2.46. The molecule has 0 aliphatic rings. The van der Waals surface area contributed by atoms with Crippen molar-refractivity contribution in [3.63, 3.8) is 0 Å². The van der Waals surface area contributed by atoms with Crippen molar-refractivity contribution in [3.8, 4) is 11.1 Å². The molecule has 0 aliphatic heterocycles. The van der Waals surface area contributed by atoms with Crippen LogP contribution in [0.15, 0.2) is 42.5 Å². The SMILES string of the molecule is CN(C)c1cccc(-c2cccc(C(F)(F)F)c2)c1C(F)(F)F. The second kappa shape index (κ2) is 5.79. The molecule has 0 spiro atoms. The molecule has 23 heavy (non-hydrogen) atoms. The van der Waals surface area contributed by atoms with Crippen molar-refractivity contribution in [1.29, 1.82) is 0 Å². The number of rotatable bonds is 2. The Balaban J connectivity index is 2.72. The highest BCUT2D eigenvalue weighted by molar-refractivity contribution is 5.75. The molecular weight excluding hydrogens is 320 g/mol. The van der Waals surface area contributed by atoms with Gasteiger partial charge in [-0.3, -0.25) is 0 Å². The van der Waals surface area contributed by atoms with Crippen molar-refractivity contribution in [2.75, 3.05) is 19.0 Å². The Kier molecular flexibility index (Phi) is 4.32. The van der Waals surface area contributed by atoms with Gasteiger partial charge < -0.3 is 4.90 Å². The second-order valence-electron chi connectivity index (χ2n) is 5.17. The fourth-order valence-electron chi connectivity index (χ4n) is 2.31. The third-order valence-corrected chi connectivity index (χ3v) is 3.31. The molecule has 2 rings (SSSR count). The Labute approximate surface area is 129 Å². The largest absolute Gasteiger partial charge is 0.418 e. The van der Waals surface area contributed by atoms with Gasteiger partial charge in [-0.1, -0.05) is 24.3 Å². The predicted octanol–water partition coefficient (Wildman–Crippen LogP) is 5.46. The summed E-state index contributed by atoms with van der Waals surface area (Å²) in [5.74, 6) is 0. The van der Waals surface area contributed by atoms with Gasteiger partial charge in [0.05, 0.1) is 11.1 Å². The van der Waals surface area contributed by atoms with Gasteiger partial charge >= 0.3 is 12.4 Å². The standard InChI is InChI=1S/C16H13F6N/c1-23(2)13-8-4-7-12(14(13)16(20,21)22)10-5-3-6-11(9-10)15(17,18)19/h3-9H,1-2H3. The van der Waals surface area contributed by atoms with Crippen LogP contribution in [0.1, 0.15) is 11.1 Å². The molecule has 0 radical (unpaired) electrons. The van der Waals surface area contributed by atoms with E-state index < -0.39 is 23.5 Å².